The van der Waals surface area contributed by atoms with Gasteiger partial charge < -0.3 is 10.1 Å². The Balaban J connectivity index is 2.50. The second-order valence-corrected chi connectivity index (χ2v) is 4.03. The van der Waals surface area contributed by atoms with E-state index in [1.165, 1.54) is 0 Å². The van der Waals surface area contributed by atoms with Crippen LogP contribution in [0.1, 0.15) is 39.5 Å². The quantitative estimate of drug-likeness (QED) is 0.727. The summed E-state index contributed by atoms with van der Waals surface area (Å²) in [7, 11) is 0. The van der Waals surface area contributed by atoms with Crippen LogP contribution in [0.4, 0.5) is 5.95 Å². The molecule has 1 rings (SSSR count). The summed E-state index contributed by atoms with van der Waals surface area (Å²) in [6.07, 6.45) is 4.29. The van der Waals surface area contributed by atoms with E-state index in [1.54, 1.807) is 0 Å². The fourth-order valence-corrected chi connectivity index (χ4v) is 1.38. The predicted molar refractivity (Wildman–Crippen MR) is 68.6 cm³/mol. The van der Waals surface area contributed by atoms with Crippen molar-refractivity contribution in [1.82, 2.24) is 15.0 Å². The molecule has 96 valence electrons. The Morgan fingerprint density at radius 1 is 1.12 bits per heavy atom. The molecule has 1 N–H and O–H groups in total. The molecule has 0 amide bonds. The minimum atomic E-state index is 0.157. The number of halogens is 1. The molecule has 0 fully saturated rings. The Morgan fingerprint density at radius 3 is 2.65 bits per heavy atom. The summed E-state index contributed by atoms with van der Waals surface area (Å²) >= 11 is 5.79. The summed E-state index contributed by atoms with van der Waals surface area (Å²) < 4.78 is 5.42. The van der Waals surface area contributed by atoms with Gasteiger partial charge in [-0.3, -0.25) is 0 Å². The SMILES string of the molecule is CCCCCOc1nc(Cl)nc(NCCC)n1. The first-order chi connectivity index (χ1) is 8.26. The van der Waals surface area contributed by atoms with Gasteiger partial charge in [0.25, 0.3) is 0 Å². The third kappa shape index (κ3) is 5.68. The molecular formula is C11H19ClN4O. The van der Waals surface area contributed by atoms with Crippen molar-refractivity contribution in [2.75, 3.05) is 18.5 Å². The average molecular weight is 259 g/mol. The van der Waals surface area contributed by atoms with E-state index >= 15 is 0 Å². The van der Waals surface area contributed by atoms with E-state index in [-0.39, 0.29) is 5.28 Å². The lowest BCUT2D eigenvalue weighted by molar-refractivity contribution is 0.282. The van der Waals surface area contributed by atoms with Crippen molar-refractivity contribution in [1.29, 1.82) is 0 Å². The van der Waals surface area contributed by atoms with Crippen LogP contribution in [0.2, 0.25) is 5.28 Å². The first-order valence-electron chi connectivity index (χ1n) is 6.04. The van der Waals surface area contributed by atoms with Gasteiger partial charge in [0.2, 0.25) is 11.2 Å². The Labute approximate surface area is 107 Å². The zero-order chi connectivity index (χ0) is 12.5. The van der Waals surface area contributed by atoms with Gasteiger partial charge in [0.1, 0.15) is 0 Å². The molecule has 0 bridgehead atoms. The lowest BCUT2D eigenvalue weighted by Crippen LogP contribution is -2.08. The molecule has 17 heavy (non-hydrogen) atoms. The van der Waals surface area contributed by atoms with Gasteiger partial charge in [0.15, 0.2) is 0 Å². The number of aromatic nitrogens is 3. The lowest BCUT2D eigenvalue weighted by Gasteiger charge is -2.06. The van der Waals surface area contributed by atoms with Gasteiger partial charge in [0, 0.05) is 6.54 Å². The van der Waals surface area contributed by atoms with Crippen LogP contribution in [0, 0.1) is 0 Å². The van der Waals surface area contributed by atoms with Crippen LogP contribution in [-0.4, -0.2) is 28.1 Å². The van der Waals surface area contributed by atoms with Crippen LogP contribution in [0.5, 0.6) is 6.01 Å². The molecule has 0 spiro atoms. The van der Waals surface area contributed by atoms with Crippen LogP contribution in [0.3, 0.4) is 0 Å². The normalized spacial score (nSPS) is 10.3. The van der Waals surface area contributed by atoms with Crippen molar-refractivity contribution >= 4 is 17.5 Å². The van der Waals surface area contributed by atoms with Crippen LogP contribution in [0.15, 0.2) is 0 Å². The Bertz CT molecular complexity index is 335. The maximum Gasteiger partial charge on any atom is 0.322 e. The Kier molecular flexibility index (Phi) is 6.62. The fourth-order valence-electron chi connectivity index (χ4n) is 1.23. The first kappa shape index (κ1) is 14.0. The van der Waals surface area contributed by atoms with E-state index in [0.717, 1.165) is 32.2 Å². The second kappa shape index (κ2) is 8.06. The van der Waals surface area contributed by atoms with Crippen LogP contribution in [-0.2, 0) is 0 Å². The summed E-state index contributed by atoms with van der Waals surface area (Å²) in [6, 6.07) is 0.291. The second-order valence-electron chi connectivity index (χ2n) is 3.69. The zero-order valence-electron chi connectivity index (χ0n) is 10.4. The summed E-state index contributed by atoms with van der Waals surface area (Å²) in [6.45, 7) is 5.63. The highest BCUT2D eigenvalue weighted by molar-refractivity contribution is 6.28. The maximum absolute atomic E-state index is 5.79. The molecule has 1 aromatic rings. The van der Waals surface area contributed by atoms with Crippen molar-refractivity contribution < 1.29 is 4.74 Å². The van der Waals surface area contributed by atoms with Crippen LogP contribution >= 0.6 is 11.6 Å². The summed E-state index contributed by atoms with van der Waals surface area (Å²) in [5, 5.41) is 3.21. The molecule has 0 aromatic carbocycles. The highest BCUT2D eigenvalue weighted by Gasteiger charge is 2.05. The maximum atomic E-state index is 5.79. The molecule has 0 aliphatic heterocycles. The van der Waals surface area contributed by atoms with Crippen molar-refractivity contribution in [2.45, 2.75) is 39.5 Å². The standard InChI is InChI=1S/C11H19ClN4O/c1-3-5-6-8-17-11-15-9(12)14-10(16-11)13-7-4-2/h3-8H2,1-2H3,(H,13,14,15,16). The summed E-state index contributed by atoms with van der Waals surface area (Å²) in [5.41, 5.74) is 0. The highest BCUT2D eigenvalue weighted by atomic mass is 35.5. The van der Waals surface area contributed by atoms with Crippen molar-refractivity contribution in [3.8, 4) is 6.01 Å². The van der Waals surface area contributed by atoms with E-state index in [1.807, 2.05) is 0 Å². The summed E-state index contributed by atoms with van der Waals surface area (Å²) in [4.78, 5) is 12.0. The summed E-state index contributed by atoms with van der Waals surface area (Å²) in [5.74, 6) is 0.470. The topological polar surface area (TPSA) is 59.9 Å². The minimum Gasteiger partial charge on any atom is -0.463 e. The van der Waals surface area contributed by atoms with E-state index in [0.29, 0.717) is 18.6 Å². The molecule has 0 unspecified atom stereocenters. The fraction of sp³-hybridized carbons (Fsp3) is 0.727. The molecule has 5 nitrogen and oxygen atoms in total. The molecule has 0 aliphatic carbocycles. The number of nitrogens with zero attached hydrogens (tertiary/aromatic N) is 3. The molecule has 0 aliphatic rings. The number of hydrogen-bond acceptors (Lipinski definition) is 5. The largest absolute Gasteiger partial charge is 0.463 e. The molecule has 6 heteroatoms. The average Bonchev–Trinajstić information content (AvgIpc) is 2.31. The molecule has 0 saturated heterocycles. The third-order valence-electron chi connectivity index (χ3n) is 2.10. The first-order valence-corrected chi connectivity index (χ1v) is 6.42. The van der Waals surface area contributed by atoms with Gasteiger partial charge in [-0.2, -0.15) is 15.0 Å². The smallest absolute Gasteiger partial charge is 0.322 e. The molecule has 1 aromatic heterocycles. The predicted octanol–water partition coefficient (Wildman–Crippen LogP) is 2.92. The van der Waals surface area contributed by atoms with Gasteiger partial charge in [-0.25, -0.2) is 0 Å². The van der Waals surface area contributed by atoms with Crippen molar-refractivity contribution in [2.24, 2.45) is 0 Å². The van der Waals surface area contributed by atoms with Crippen molar-refractivity contribution in [3.63, 3.8) is 0 Å². The Hall–Kier alpha value is -1.10. The van der Waals surface area contributed by atoms with Gasteiger partial charge in [-0.05, 0) is 24.4 Å². The Morgan fingerprint density at radius 2 is 1.94 bits per heavy atom. The van der Waals surface area contributed by atoms with E-state index in [4.69, 9.17) is 16.3 Å². The number of nitrogens with one attached hydrogen (secondary N) is 1. The number of anilines is 1. The molecule has 0 saturated carbocycles. The zero-order valence-corrected chi connectivity index (χ0v) is 11.1. The molecule has 1 heterocycles. The number of hydrogen-bond donors (Lipinski definition) is 1. The molecular weight excluding hydrogens is 240 g/mol. The molecule has 0 atom stereocenters. The molecule has 0 radical (unpaired) electrons. The van der Waals surface area contributed by atoms with Crippen LogP contribution < -0.4 is 10.1 Å². The monoisotopic (exact) mass is 258 g/mol. The van der Waals surface area contributed by atoms with Crippen molar-refractivity contribution in [3.05, 3.63) is 5.28 Å². The number of rotatable bonds is 8. The van der Waals surface area contributed by atoms with Crippen LogP contribution in [0.25, 0.3) is 0 Å². The van der Waals surface area contributed by atoms with Gasteiger partial charge >= 0.3 is 6.01 Å². The van der Waals surface area contributed by atoms with Gasteiger partial charge in [-0.1, -0.05) is 26.7 Å². The van der Waals surface area contributed by atoms with Gasteiger partial charge in [0.05, 0.1) is 6.61 Å². The van der Waals surface area contributed by atoms with Gasteiger partial charge in [-0.15, -0.1) is 0 Å². The lowest BCUT2D eigenvalue weighted by atomic mass is 10.3. The van der Waals surface area contributed by atoms with E-state index < -0.39 is 0 Å². The minimum absolute atomic E-state index is 0.157. The van der Waals surface area contributed by atoms with E-state index in [2.05, 4.69) is 34.1 Å². The number of ether oxygens (including phenoxy) is 1. The third-order valence-corrected chi connectivity index (χ3v) is 2.27. The highest BCUT2D eigenvalue weighted by Crippen LogP contribution is 2.11. The van der Waals surface area contributed by atoms with E-state index in [9.17, 15) is 0 Å². The number of unbranched alkanes of at least 4 members (excludes halogenated alkanes) is 2.